The summed E-state index contributed by atoms with van der Waals surface area (Å²) in [5.41, 5.74) is 2.01. The average Bonchev–Trinajstić information content (AvgIpc) is 2.43. The first-order valence-electron chi connectivity index (χ1n) is 6.94. The fourth-order valence-electron chi connectivity index (χ4n) is 2.37. The second kappa shape index (κ2) is 5.37. The number of carbonyl (C=O) groups excluding carboxylic acids is 2. The molecule has 1 aromatic rings. The molecule has 0 radical (unpaired) electrons. The van der Waals surface area contributed by atoms with Crippen molar-refractivity contribution in [1.82, 2.24) is 4.90 Å². The molecular weight excluding hydrogens is 254 g/mol. The van der Waals surface area contributed by atoms with Crippen LogP contribution >= 0.6 is 0 Å². The highest BCUT2D eigenvalue weighted by molar-refractivity contribution is 6.09. The number of likely N-dealkylation sites (N-methyl/N-ethyl adjacent to an activating group) is 1. The van der Waals surface area contributed by atoms with Crippen LogP contribution in [0.3, 0.4) is 0 Å². The molecule has 0 aliphatic carbocycles. The monoisotopic (exact) mass is 275 g/mol. The molecule has 1 N–H and O–H groups in total. The van der Waals surface area contributed by atoms with Crippen LogP contribution in [-0.4, -0.2) is 28.9 Å². The van der Waals surface area contributed by atoms with Gasteiger partial charge in [0, 0.05) is 12.6 Å². The quantitative estimate of drug-likeness (QED) is 0.860. The maximum absolute atomic E-state index is 12.1. The van der Waals surface area contributed by atoms with Crippen molar-refractivity contribution in [3.05, 3.63) is 34.9 Å². The van der Waals surface area contributed by atoms with E-state index in [1.54, 1.807) is 12.1 Å². The molecule has 0 saturated heterocycles. The summed E-state index contributed by atoms with van der Waals surface area (Å²) in [7, 11) is 1.49. The first-order chi connectivity index (χ1) is 9.32. The van der Waals surface area contributed by atoms with Crippen LogP contribution in [0.1, 0.15) is 48.4 Å². The van der Waals surface area contributed by atoms with Crippen LogP contribution in [0.5, 0.6) is 0 Å². The predicted molar refractivity (Wildman–Crippen MR) is 76.2 cm³/mol. The lowest BCUT2D eigenvalue weighted by atomic mass is 9.86. The van der Waals surface area contributed by atoms with Crippen LogP contribution in [0.25, 0.3) is 0 Å². The lowest BCUT2D eigenvalue weighted by Gasteiger charge is -2.26. The first-order valence-corrected chi connectivity index (χ1v) is 6.94. The number of rotatable bonds is 3. The molecule has 0 aromatic heterocycles. The fraction of sp³-hybridized carbons (Fsp3) is 0.500. The van der Waals surface area contributed by atoms with Gasteiger partial charge in [-0.15, -0.1) is 0 Å². The van der Waals surface area contributed by atoms with Crippen LogP contribution in [0.15, 0.2) is 18.2 Å². The number of nitrogens with zero attached hydrogens (tertiary/aromatic N) is 1. The highest BCUT2D eigenvalue weighted by Crippen LogP contribution is 2.30. The molecule has 2 rings (SSSR count). The minimum absolute atomic E-state index is 0.103. The molecule has 108 valence electrons. The number of fused-ring (bicyclic) bond motifs is 1. The molecule has 0 saturated carbocycles. The Hall–Kier alpha value is -1.68. The van der Waals surface area contributed by atoms with Crippen LogP contribution in [0, 0.1) is 11.8 Å². The number of aliphatic hydroxyl groups excluding tert-OH is 1. The van der Waals surface area contributed by atoms with Crippen molar-refractivity contribution in [3.8, 4) is 0 Å². The van der Waals surface area contributed by atoms with E-state index in [2.05, 4.69) is 13.8 Å². The van der Waals surface area contributed by atoms with Crippen LogP contribution < -0.4 is 0 Å². The van der Waals surface area contributed by atoms with E-state index in [0.717, 1.165) is 16.0 Å². The fourth-order valence-corrected chi connectivity index (χ4v) is 2.37. The lowest BCUT2D eigenvalue weighted by Crippen LogP contribution is -2.39. The Morgan fingerprint density at radius 2 is 1.85 bits per heavy atom. The van der Waals surface area contributed by atoms with Gasteiger partial charge in [-0.3, -0.25) is 14.5 Å². The van der Waals surface area contributed by atoms with E-state index in [1.807, 2.05) is 13.0 Å². The Kier molecular flexibility index (Phi) is 3.95. The van der Waals surface area contributed by atoms with Crippen molar-refractivity contribution < 1.29 is 14.7 Å². The first kappa shape index (κ1) is 14.7. The number of hydrogen-bond acceptors (Lipinski definition) is 3. The van der Waals surface area contributed by atoms with Gasteiger partial charge in [-0.25, -0.2) is 0 Å². The van der Waals surface area contributed by atoms with E-state index in [0.29, 0.717) is 11.5 Å². The van der Waals surface area contributed by atoms with Gasteiger partial charge >= 0.3 is 0 Å². The molecule has 0 bridgehead atoms. The molecular formula is C16H21NO3. The van der Waals surface area contributed by atoms with E-state index in [-0.39, 0.29) is 24.2 Å². The van der Waals surface area contributed by atoms with Crippen LogP contribution in [-0.2, 0) is 11.2 Å². The molecule has 4 nitrogen and oxygen atoms in total. The minimum atomic E-state index is -0.601. The number of aliphatic hydroxyl groups is 1. The molecule has 20 heavy (non-hydrogen) atoms. The number of carbonyl (C=O) groups is 2. The molecule has 1 aromatic carbocycles. The Balaban J connectivity index is 2.37. The Bertz CT molecular complexity index is 551. The standard InChI is InChI=1S/C16H21NO3/c1-9(2)10(3)15(19)12-6-5-11-8-14(18)17(4)16(20)13(11)7-12/h5-7,9-10,15,19H,8H2,1-4H3. The molecule has 0 fully saturated rings. The van der Waals surface area contributed by atoms with Gasteiger partial charge in [-0.1, -0.05) is 32.9 Å². The predicted octanol–water partition coefficient (Wildman–Crippen LogP) is 2.17. The van der Waals surface area contributed by atoms with Crippen molar-refractivity contribution in [2.75, 3.05) is 7.05 Å². The summed E-state index contributed by atoms with van der Waals surface area (Å²) < 4.78 is 0. The van der Waals surface area contributed by atoms with Gasteiger partial charge in [0.2, 0.25) is 5.91 Å². The summed E-state index contributed by atoms with van der Waals surface area (Å²) in [5.74, 6) is -0.0269. The van der Waals surface area contributed by atoms with Crippen molar-refractivity contribution in [2.45, 2.75) is 33.3 Å². The third-order valence-electron chi connectivity index (χ3n) is 4.28. The zero-order valence-electron chi connectivity index (χ0n) is 12.4. The maximum atomic E-state index is 12.1. The summed E-state index contributed by atoms with van der Waals surface area (Å²) in [5, 5.41) is 10.4. The van der Waals surface area contributed by atoms with Gasteiger partial charge in [0.05, 0.1) is 12.5 Å². The molecule has 2 atom stereocenters. The summed E-state index contributed by atoms with van der Waals surface area (Å²) in [6.45, 7) is 6.11. The van der Waals surface area contributed by atoms with Crippen LogP contribution in [0.4, 0.5) is 0 Å². The minimum Gasteiger partial charge on any atom is -0.388 e. The summed E-state index contributed by atoms with van der Waals surface area (Å²) in [4.78, 5) is 24.9. The van der Waals surface area contributed by atoms with E-state index in [1.165, 1.54) is 7.05 Å². The van der Waals surface area contributed by atoms with E-state index >= 15 is 0 Å². The number of imide groups is 1. The number of amides is 2. The highest BCUT2D eigenvalue weighted by Gasteiger charge is 2.29. The lowest BCUT2D eigenvalue weighted by molar-refractivity contribution is -0.127. The average molecular weight is 275 g/mol. The van der Waals surface area contributed by atoms with Crippen molar-refractivity contribution >= 4 is 11.8 Å². The van der Waals surface area contributed by atoms with Crippen molar-refractivity contribution in [3.63, 3.8) is 0 Å². The van der Waals surface area contributed by atoms with Gasteiger partial charge in [0.15, 0.2) is 0 Å². The van der Waals surface area contributed by atoms with Crippen molar-refractivity contribution in [1.29, 1.82) is 0 Å². The maximum Gasteiger partial charge on any atom is 0.260 e. The van der Waals surface area contributed by atoms with E-state index < -0.39 is 6.10 Å². The smallest absolute Gasteiger partial charge is 0.260 e. The molecule has 1 aliphatic heterocycles. The number of benzene rings is 1. The molecule has 2 unspecified atom stereocenters. The number of hydrogen-bond donors (Lipinski definition) is 1. The SMILES string of the molecule is CC(C)C(C)C(O)c1ccc2c(c1)C(=O)N(C)C(=O)C2. The molecule has 1 heterocycles. The Morgan fingerprint density at radius 3 is 2.45 bits per heavy atom. The summed E-state index contributed by atoms with van der Waals surface area (Å²) in [6, 6.07) is 5.32. The van der Waals surface area contributed by atoms with E-state index in [4.69, 9.17) is 0 Å². The molecule has 4 heteroatoms. The van der Waals surface area contributed by atoms with Gasteiger partial charge in [0.1, 0.15) is 0 Å². The molecule has 1 aliphatic rings. The van der Waals surface area contributed by atoms with Gasteiger partial charge < -0.3 is 5.11 Å². The zero-order chi connectivity index (χ0) is 15.0. The molecule has 2 amide bonds. The second-order valence-corrected chi connectivity index (χ2v) is 5.90. The van der Waals surface area contributed by atoms with Gasteiger partial charge in [0.25, 0.3) is 5.91 Å². The Labute approximate surface area is 119 Å². The summed E-state index contributed by atoms with van der Waals surface area (Å²) >= 11 is 0. The molecule has 0 spiro atoms. The zero-order valence-corrected chi connectivity index (χ0v) is 12.4. The van der Waals surface area contributed by atoms with Gasteiger partial charge in [-0.2, -0.15) is 0 Å². The topological polar surface area (TPSA) is 57.6 Å². The highest BCUT2D eigenvalue weighted by atomic mass is 16.3. The third-order valence-corrected chi connectivity index (χ3v) is 4.28. The largest absolute Gasteiger partial charge is 0.388 e. The van der Waals surface area contributed by atoms with Gasteiger partial charge in [-0.05, 0) is 29.0 Å². The van der Waals surface area contributed by atoms with Crippen LogP contribution in [0.2, 0.25) is 0 Å². The third kappa shape index (κ3) is 2.48. The summed E-state index contributed by atoms with van der Waals surface area (Å²) in [6.07, 6.45) is -0.357. The normalized spacial score (nSPS) is 18.2. The van der Waals surface area contributed by atoms with Crippen molar-refractivity contribution in [2.24, 2.45) is 11.8 Å². The second-order valence-electron chi connectivity index (χ2n) is 5.90. The van der Waals surface area contributed by atoms with E-state index in [9.17, 15) is 14.7 Å². The Morgan fingerprint density at radius 1 is 1.20 bits per heavy atom.